The Kier molecular flexibility index (Phi) is 3.91. The quantitative estimate of drug-likeness (QED) is 0.547. The number of aromatic amines is 1. The van der Waals surface area contributed by atoms with Gasteiger partial charge in [-0.1, -0.05) is 36.4 Å². The molecular weight excluding hydrogens is 332 g/mol. The Bertz CT molecular complexity index is 1130. The topological polar surface area (TPSA) is 28.3 Å². The predicted molar refractivity (Wildman–Crippen MR) is 111 cm³/mol. The Hall–Kier alpha value is -2.78. The predicted octanol–water partition coefficient (Wildman–Crippen LogP) is 5.20. The number of benzene rings is 3. The first-order valence-electron chi connectivity index (χ1n) is 9.60. The third-order valence-electron chi connectivity index (χ3n) is 5.90. The van der Waals surface area contributed by atoms with Crippen LogP contribution in [0.4, 0.5) is 0 Å². The van der Waals surface area contributed by atoms with Crippen molar-refractivity contribution in [3.8, 4) is 5.75 Å². The van der Waals surface area contributed by atoms with Gasteiger partial charge >= 0.3 is 0 Å². The average Bonchev–Trinajstić information content (AvgIpc) is 3.08. The third kappa shape index (κ3) is 2.70. The van der Waals surface area contributed by atoms with Gasteiger partial charge in [-0.05, 0) is 53.8 Å². The maximum absolute atomic E-state index is 5.65. The van der Waals surface area contributed by atoms with Crippen LogP contribution < -0.4 is 4.74 Å². The monoisotopic (exact) mass is 356 g/mol. The molecule has 3 aromatic carbocycles. The van der Waals surface area contributed by atoms with Crippen LogP contribution in [-0.4, -0.2) is 23.5 Å². The molecular formula is C24H24N2O. The number of aromatic nitrogens is 1. The fourth-order valence-corrected chi connectivity index (χ4v) is 4.56. The highest BCUT2D eigenvalue weighted by Crippen LogP contribution is 2.38. The first kappa shape index (κ1) is 16.4. The number of H-pyrrole nitrogens is 1. The van der Waals surface area contributed by atoms with Gasteiger partial charge in [-0.25, -0.2) is 0 Å². The molecule has 3 nitrogen and oxygen atoms in total. The van der Waals surface area contributed by atoms with Crippen LogP contribution in [0.25, 0.3) is 21.8 Å². The van der Waals surface area contributed by atoms with Crippen molar-refractivity contribution in [2.24, 2.45) is 0 Å². The van der Waals surface area contributed by atoms with E-state index in [2.05, 4.69) is 59.3 Å². The van der Waals surface area contributed by atoms with Gasteiger partial charge in [0.15, 0.2) is 0 Å². The van der Waals surface area contributed by atoms with Crippen LogP contribution in [0.3, 0.4) is 0 Å². The molecule has 0 spiro atoms. The molecule has 0 atom stereocenters. The number of rotatable bonds is 3. The molecule has 1 aromatic heterocycles. The highest BCUT2D eigenvalue weighted by atomic mass is 16.5. The minimum Gasteiger partial charge on any atom is -0.496 e. The van der Waals surface area contributed by atoms with E-state index < -0.39 is 0 Å². The van der Waals surface area contributed by atoms with E-state index in [0.29, 0.717) is 0 Å². The molecule has 0 radical (unpaired) electrons. The minimum absolute atomic E-state index is 0.940. The van der Waals surface area contributed by atoms with Crippen molar-refractivity contribution in [2.75, 3.05) is 13.7 Å². The van der Waals surface area contributed by atoms with E-state index in [0.717, 1.165) is 37.3 Å². The highest BCUT2D eigenvalue weighted by molar-refractivity contribution is 6.11. The van der Waals surface area contributed by atoms with Gasteiger partial charge in [0.2, 0.25) is 0 Å². The van der Waals surface area contributed by atoms with Gasteiger partial charge < -0.3 is 9.72 Å². The maximum Gasteiger partial charge on any atom is 0.128 e. The second-order valence-electron chi connectivity index (χ2n) is 7.52. The largest absolute Gasteiger partial charge is 0.496 e. The fraction of sp³-hybridized carbons (Fsp3) is 0.250. The van der Waals surface area contributed by atoms with E-state index in [1.165, 1.54) is 38.5 Å². The lowest BCUT2D eigenvalue weighted by molar-refractivity contribution is 0.245. The van der Waals surface area contributed by atoms with Crippen molar-refractivity contribution in [1.82, 2.24) is 9.88 Å². The lowest BCUT2D eigenvalue weighted by atomic mass is 9.92. The molecule has 0 aliphatic carbocycles. The second kappa shape index (κ2) is 6.43. The van der Waals surface area contributed by atoms with E-state index >= 15 is 0 Å². The Morgan fingerprint density at radius 2 is 1.93 bits per heavy atom. The van der Waals surface area contributed by atoms with Crippen molar-refractivity contribution in [3.63, 3.8) is 0 Å². The molecule has 1 aliphatic rings. The van der Waals surface area contributed by atoms with Crippen molar-refractivity contribution in [1.29, 1.82) is 0 Å². The molecule has 0 fully saturated rings. The van der Waals surface area contributed by atoms with Crippen LogP contribution in [0.15, 0.2) is 54.6 Å². The van der Waals surface area contributed by atoms with Crippen LogP contribution in [0.1, 0.15) is 22.3 Å². The van der Waals surface area contributed by atoms with Gasteiger partial charge in [0.05, 0.1) is 12.6 Å². The highest BCUT2D eigenvalue weighted by Gasteiger charge is 2.22. The first-order chi connectivity index (χ1) is 13.2. The first-order valence-corrected chi connectivity index (χ1v) is 9.60. The zero-order valence-electron chi connectivity index (χ0n) is 15.9. The van der Waals surface area contributed by atoms with E-state index in [1.54, 1.807) is 7.11 Å². The van der Waals surface area contributed by atoms with Crippen LogP contribution in [0.2, 0.25) is 0 Å². The lowest BCUT2D eigenvalue weighted by Gasteiger charge is -2.30. The average molecular weight is 356 g/mol. The minimum atomic E-state index is 0.940. The van der Waals surface area contributed by atoms with Crippen LogP contribution in [0, 0.1) is 6.92 Å². The Morgan fingerprint density at radius 1 is 1.07 bits per heavy atom. The van der Waals surface area contributed by atoms with Gasteiger partial charge in [0.25, 0.3) is 0 Å². The Balaban J connectivity index is 1.60. The molecule has 1 N–H and O–H groups in total. The van der Waals surface area contributed by atoms with E-state index in [4.69, 9.17) is 4.74 Å². The number of hydrogen-bond donors (Lipinski definition) is 1. The van der Waals surface area contributed by atoms with Gasteiger partial charge in [0.1, 0.15) is 5.75 Å². The molecule has 0 amide bonds. The number of hydrogen-bond acceptors (Lipinski definition) is 2. The smallest absolute Gasteiger partial charge is 0.128 e. The molecule has 27 heavy (non-hydrogen) atoms. The van der Waals surface area contributed by atoms with Gasteiger partial charge in [0, 0.05) is 35.9 Å². The van der Waals surface area contributed by atoms with E-state index in [-0.39, 0.29) is 0 Å². The molecule has 0 unspecified atom stereocenters. The van der Waals surface area contributed by atoms with Crippen molar-refractivity contribution in [2.45, 2.75) is 26.4 Å². The fourth-order valence-electron chi connectivity index (χ4n) is 4.56. The zero-order chi connectivity index (χ0) is 18.4. The molecule has 0 saturated carbocycles. The number of nitrogens with zero attached hydrogens (tertiary/aromatic N) is 1. The molecule has 0 bridgehead atoms. The van der Waals surface area contributed by atoms with Crippen molar-refractivity contribution < 1.29 is 4.74 Å². The number of nitrogens with one attached hydrogen (secondary N) is 1. The summed E-state index contributed by atoms with van der Waals surface area (Å²) < 4.78 is 5.65. The molecule has 2 heterocycles. The molecule has 3 heteroatoms. The van der Waals surface area contributed by atoms with E-state index in [9.17, 15) is 0 Å². The number of ether oxygens (including phenoxy) is 1. The summed E-state index contributed by atoms with van der Waals surface area (Å²) in [6.07, 6.45) is 1.11. The van der Waals surface area contributed by atoms with Crippen LogP contribution in [-0.2, 0) is 19.5 Å². The summed E-state index contributed by atoms with van der Waals surface area (Å²) in [7, 11) is 1.75. The summed E-state index contributed by atoms with van der Waals surface area (Å²) in [6.45, 7) is 5.38. The standard InChI is InChI=1S/C24H24N2O/c1-16-19-11-12-26(14-17-7-4-3-5-8-17)15-18(19)13-20-23-21(25-24(16)20)9-6-10-22(23)27-2/h3-10,13,25H,11-12,14-15H2,1-2H3. The molecule has 136 valence electrons. The number of aryl methyl sites for hydroxylation is 1. The summed E-state index contributed by atoms with van der Waals surface area (Å²) in [5, 5.41) is 2.47. The number of fused-ring (bicyclic) bond motifs is 4. The van der Waals surface area contributed by atoms with Crippen LogP contribution >= 0.6 is 0 Å². The van der Waals surface area contributed by atoms with Gasteiger partial charge in [-0.15, -0.1) is 0 Å². The van der Waals surface area contributed by atoms with E-state index in [1.807, 2.05) is 12.1 Å². The summed E-state index contributed by atoms with van der Waals surface area (Å²) in [5.41, 5.74) is 8.14. The molecule has 5 rings (SSSR count). The molecule has 1 aliphatic heterocycles. The van der Waals surface area contributed by atoms with Crippen molar-refractivity contribution in [3.05, 3.63) is 76.9 Å². The normalized spacial score (nSPS) is 14.6. The maximum atomic E-state index is 5.65. The van der Waals surface area contributed by atoms with Gasteiger partial charge in [-0.3, -0.25) is 4.90 Å². The number of methoxy groups -OCH3 is 1. The van der Waals surface area contributed by atoms with Crippen molar-refractivity contribution >= 4 is 21.8 Å². The zero-order valence-corrected chi connectivity index (χ0v) is 15.9. The Labute approximate surface area is 159 Å². The van der Waals surface area contributed by atoms with Crippen LogP contribution in [0.5, 0.6) is 5.75 Å². The summed E-state index contributed by atoms with van der Waals surface area (Å²) in [5.74, 6) is 0.940. The molecule has 4 aromatic rings. The third-order valence-corrected chi connectivity index (χ3v) is 5.90. The second-order valence-corrected chi connectivity index (χ2v) is 7.52. The Morgan fingerprint density at radius 3 is 2.74 bits per heavy atom. The molecule has 0 saturated heterocycles. The summed E-state index contributed by atoms with van der Waals surface area (Å²) >= 11 is 0. The van der Waals surface area contributed by atoms with Gasteiger partial charge in [-0.2, -0.15) is 0 Å². The summed E-state index contributed by atoms with van der Waals surface area (Å²) in [6, 6.07) is 19.4. The SMILES string of the molecule is COc1cccc2[nH]c3c(C)c4c(cc3c12)CN(Cc1ccccc1)CC4. The summed E-state index contributed by atoms with van der Waals surface area (Å²) in [4.78, 5) is 6.18. The lowest BCUT2D eigenvalue weighted by Crippen LogP contribution is -2.30.